The normalized spacial score (nSPS) is 35.3. The molecule has 27 heavy (non-hydrogen) atoms. The van der Waals surface area contributed by atoms with Gasteiger partial charge >= 0.3 is 0 Å². The van der Waals surface area contributed by atoms with E-state index in [9.17, 15) is 5.26 Å². The van der Waals surface area contributed by atoms with E-state index in [1.807, 2.05) is 11.8 Å². The summed E-state index contributed by atoms with van der Waals surface area (Å²) in [5.74, 6) is 3.90. The molecule has 144 valence electrons. The van der Waals surface area contributed by atoms with Gasteiger partial charge in [-0.3, -0.25) is 0 Å². The maximum absolute atomic E-state index is 9.58. The number of aromatic nitrogens is 1. The van der Waals surface area contributed by atoms with Crippen LogP contribution in [0.15, 0.2) is 17.2 Å². The van der Waals surface area contributed by atoms with Crippen molar-refractivity contribution < 1.29 is 4.90 Å². The number of nitrogens with zero attached hydrogens (tertiary/aromatic N) is 2. The lowest BCUT2D eigenvalue weighted by Crippen LogP contribution is -3.13. The Hall–Kier alpha value is -1.05. The molecule has 0 spiro atoms. The van der Waals surface area contributed by atoms with Gasteiger partial charge in [-0.15, -0.1) is 0 Å². The average molecular weight is 383 g/mol. The van der Waals surface area contributed by atoms with Crippen LogP contribution in [0.3, 0.4) is 0 Å². The second kappa shape index (κ2) is 7.41. The third-order valence-corrected chi connectivity index (χ3v) is 8.81. The van der Waals surface area contributed by atoms with Gasteiger partial charge in [0.2, 0.25) is 0 Å². The van der Waals surface area contributed by atoms with Crippen LogP contribution in [0.25, 0.3) is 0 Å². The van der Waals surface area contributed by atoms with E-state index in [0.717, 1.165) is 34.1 Å². The highest BCUT2D eigenvalue weighted by Crippen LogP contribution is 2.60. The molecule has 3 nitrogen and oxygen atoms in total. The van der Waals surface area contributed by atoms with E-state index in [1.165, 1.54) is 83.1 Å². The Kier molecular flexibility index (Phi) is 4.94. The quantitative estimate of drug-likeness (QED) is 0.792. The molecular weight excluding hydrogens is 350 g/mol. The predicted octanol–water partition coefficient (Wildman–Crippen LogP) is 3.58. The molecule has 0 atom stereocenters. The van der Waals surface area contributed by atoms with Crippen LogP contribution < -0.4 is 4.90 Å². The van der Waals surface area contributed by atoms with Gasteiger partial charge in [0.05, 0.1) is 25.2 Å². The van der Waals surface area contributed by atoms with Crippen molar-refractivity contribution in [3.05, 3.63) is 23.4 Å². The topological polar surface area (TPSA) is 41.1 Å². The van der Waals surface area contributed by atoms with Crippen LogP contribution in [0.5, 0.6) is 0 Å². The first kappa shape index (κ1) is 18.0. The molecule has 0 amide bonds. The van der Waals surface area contributed by atoms with E-state index in [2.05, 4.69) is 18.2 Å². The molecule has 4 saturated carbocycles. The van der Waals surface area contributed by atoms with Crippen molar-refractivity contribution in [3.63, 3.8) is 0 Å². The number of nitrogens with one attached hydrogen (secondary N) is 1. The summed E-state index contributed by atoms with van der Waals surface area (Å²) in [7, 11) is 0. The first-order chi connectivity index (χ1) is 13.2. The first-order valence-electron chi connectivity index (χ1n) is 11.1. The summed E-state index contributed by atoms with van der Waals surface area (Å²) in [5, 5.41) is 10.6. The van der Waals surface area contributed by atoms with Crippen molar-refractivity contribution in [3.8, 4) is 6.07 Å². The summed E-state index contributed by atoms with van der Waals surface area (Å²) >= 11 is 1.83. The fraction of sp³-hybridized carbons (Fsp3) is 0.739. The van der Waals surface area contributed by atoms with Crippen LogP contribution in [0.1, 0.15) is 69.0 Å². The summed E-state index contributed by atoms with van der Waals surface area (Å²) < 4.78 is 0. The van der Waals surface area contributed by atoms with E-state index >= 15 is 0 Å². The molecule has 1 aromatic rings. The molecule has 2 heterocycles. The molecule has 0 radical (unpaired) electrons. The number of rotatable bonds is 5. The van der Waals surface area contributed by atoms with Crippen molar-refractivity contribution in [2.24, 2.45) is 17.8 Å². The fourth-order valence-corrected chi connectivity index (χ4v) is 7.97. The molecule has 6 rings (SSSR count). The van der Waals surface area contributed by atoms with Crippen LogP contribution >= 0.6 is 11.8 Å². The smallest absolute Gasteiger partial charge is 0.114 e. The molecule has 5 aliphatic rings. The van der Waals surface area contributed by atoms with Crippen LogP contribution in [0.2, 0.25) is 0 Å². The number of piperidine rings is 1. The maximum atomic E-state index is 9.58. The largest absolute Gasteiger partial charge is 0.334 e. The highest BCUT2D eigenvalue weighted by atomic mass is 32.2. The van der Waals surface area contributed by atoms with Crippen LogP contribution in [0.4, 0.5) is 0 Å². The maximum Gasteiger partial charge on any atom is 0.114 e. The number of likely N-dealkylation sites (tertiary alicyclic amines) is 1. The number of hydrogen-bond donors (Lipinski definition) is 1. The van der Waals surface area contributed by atoms with Crippen LogP contribution in [-0.4, -0.2) is 30.4 Å². The number of quaternary nitrogens is 1. The molecule has 0 unspecified atom stereocenters. The molecule has 4 bridgehead atoms. The minimum Gasteiger partial charge on any atom is -0.334 e. The van der Waals surface area contributed by atoms with Crippen molar-refractivity contribution in [2.45, 2.75) is 68.2 Å². The minimum absolute atomic E-state index is 0.330. The SMILES string of the molecule is N#Cc1ccc(C23CC4CC(CC(C4)C2)C3)nc1SCC[NH+]1CCCCC1. The van der Waals surface area contributed by atoms with E-state index in [-0.39, 0.29) is 0 Å². The van der Waals surface area contributed by atoms with Crippen LogP contribution in [-0.2, 0) is 5.41 Å². The molecule has 5 fully saturated rings. The number of pyridine rings is 1. The second-order valence-electron chi connectivity index (χ2n) is 9.77. The van der Waals surface area contributed by atoms with Gasteiger partial charge < -0.3 is 4.90 Å². The summed E-state index contributed by atoms with van der Waals surface area (Å²) in [4.78, 5) is 6.89. The third kappa shape index (κ3) is 3.54. The minimum atomic E-state index is 0.330. The Labute approximate surface area is 167 Å². The summed E-state index contributed by atoms with van der Waals surface area (Å²) in [5.41, 5.74) is 2.42. The molecule has 1 aromatic heterocycles. The van der Waals surface area contributed by atoms with Gasteiger partial charge in [0.15, 0.2) is 0 Å². The van der Waals surface area contributed by atoms with Crippen LogP contribution in [0, 0.1) is 29.1 Å². The monoisotopic (exact) mass is 382 g/mol. The van der Waals surface area contributed by atoms with Gasteiger partial charge in [-0.1, -0.05) is 11.8 Å². The molecule has 4 aliphatic carbocycles. The molecule has 1 saturated heterocycles. The fourth-order valence-electron chi connectivity index (χ4n) is 6.95. The van der Waals surface area contributed by atoms with Crippen molar-refractivity contribution in [1.82, 2.24) is 4.98 Å². The molecule has 1 aliphatic heterocycles. The lowest BCUT2D eigenvalue weighted by atomic mass is 9.49. The Morgan fingerprint density at radius 1 is 1.04 bits per heavy atom. The molecule has 0 aromatic carbocycles. The molecule has 4 heteroatoms. The highest BCUT2D eigenvalue weighted by molar-refractivity contribution is 7.99. The summed E-state index contributed by atoms with van der Waals surface area (Å²) in [6.07, 6.45) is 12.6. The van der Waals surface area contributed by atoms with E-state index in [4.69, 9.17) is 4.98 Å². The van der Waals surface area contributed by atoms with E-state index in [1.54, 1.807) is 4.90 Å². The van der Waals surface area contributed by atoms with Crippen molar-refractivity contribution >= 4 is 11.8 Å². The zero-order chi connectivity index (χ0) is 18.3. The van der Waals surface area contributed by atoms with Gasteiger partial charge in [0.25, 0.3) is 0 Å². The third-order valence-electron chi connectivity index (χ3n) is 7.82. The number of hydrogen-bond acceptors (Lipinski definition) is 3. The Morgan fingerprint density at radius 3 is 2.33 bits per heavy atom. The van der Waals surface area contributed by atoms with E-state index in [0.29, 0.717) is 5.41 Å². The van der Waals surface area contributed by atoms with Gasteiger partial charge in [-0.05, 0) is 87.7 Å². The molecule has 1 N–H and O–H groups in total. The zero-order valence-electron chi connectivity index (χ0n) is 16.4. The molecular formula is C23H32N3S+. The van der Waals surface area contributed by atoms with Gasteiger partial charge in [-0.25, -0.2) is 4.98 Å². The standard InChI is InChI=1S/C23H31N3S/c24-16-20-4-5-21(23-13-17-10-18(14-23)12-19(11-17)15-23)25-22(20)27-9-8-26-6-2-1-3-7-26/h4-5,17-19H,1-3,6-15H2/p+1. The zero-order valence-corrected chi connectivity index (χ0v) is 17.2. The highest BCUT2D eigenvalue weighted by Gasteiger charge is 2.52. The van der Waals surface area contributed by atoms with Gasteiger partial charge in [0, 0.05) is 16.9 Å². The van der Waals surface area contributed by atoms with Gasteiger partial charge in [-0.2, -0.15) is 5.26 Å². The second-order valence-corrected chi connectivity index (χ2v) is 10.9. The average Bonchev–Trinajstić information content (AvgIpc) is 2.68. The number of thioether (sulfide) groups is 1. The van der Waals surface area contributed by atoms with Crippen molar-refractivity contribution in [1.29, 1.82) is 5.26 Å². The number of nitriles is 1. The predicted molar refractivity (Wildman–Crippen MR) is 109 cm³/mol. The lowest BCUT2D eigenvalue weighted by molar-refractivity contribution is -0.902. The van der Waals surface area contributed by atoms with Crippen molar-refractivity contribution in [2.75, 3.05) is 25.4 Å². The van der Waals surface area contributed by atoms with E-state index < -0.39 is 0 Å². The van der Waals surface area contributed by atoms with Gasteiger partial charge in [0.1, 0.15) is 11.1 Å². The Bertz CT molecular complexity index is 696. The first-order valence-corrected chi connectivity index (χ1v) is 12.1. The summed E-state index contributed by atoms with van der Waals surface area (Å²) in [6.45, 7) is 3.86. The Morgan fingerprint density at radius 2 is 1.70 bits per heavy atom. The Balaban J connectivity index is 1.32. The lowest BCUT2D eigenvalue weighted by Gasteiger charge is -2.56. The summed E-state index contributed by atoms with van der Waals surface area (Å²) in [6, 6.07) is 6.66.